The second-order valence-corrected chi connectivity index (χ2v) is 9.10. The predicted molar refractivity (Wildman–Crippen MR) is 127 cm³/mol. The number of aliphatic carboxylic acids is 1. The van der Waals surface area contributed by atoms with Gasteiger partial charge in [-0.1, -0.05) is 32.0 Å². The standard InChI is InChI=1S/C24H33N5O5/c1-14(2)10-18(27-23(32)20-8-5-9-29(20)21(30)12-25)22(31)28-19(24(33)34)11-15-13-26-17-7-4-3-6-16(15)17/h3-4,6-7,13-14,18-20,26H,5,8-12,25H2,1-2H3,(H,27,32)(H,28,31)(H,33,34). The van der Waals surface area contributed by atoms with Crippen LogP contribution in [0.4, 0.5) is 0 Å². The lowest BCUT2D eigenvalue weighted by atomic mass is 10.0. The Balaban J connectivity index is 1.72. The first-order valence-corrected chi connectivity index (χ1v) is 11.6. The molecule has 0 saturated carbocycles. The molecule has 1 aliphatic rings. The third-order valence-corrected chi connectivity index (χ3v) is 6.10. The molecular formula is C24H33N5O5. The van der Waals surface area contributed by atoms with E-state index in [1.54, 1.807) is 6.20 Å². The maximum atomic E-state index is 13.1. The number of para-hydroxylation sites is 1. The van der Waals surface area contributed by atoms with E-state index in [0.717, 1.165) is 16.5 Å². The van der Waals surface area contributed by atoms with Gasteiger partial charge in [-0.05, 0) is 36.8 Å². The molecule has 1 saturated heterocycles. The summed E-state index contributed by atoms with van der Waals surface area (Å²) >= 11 is 0. The molecule has 1 aromatic heterocycles. The largest absolute Gasteiger partial charge is 0.480 e. The normalized spacial score (nSPS) is 17.5. The quantitative estimate of drug-likeness (QED) is 0.344. The van der Waals surface area contributed by atoms with Crippen molar-refractivity contribution in [2.45, 2.75) is 57.7 Å². The zero-order valence-corrected chi connectivity index (χ0v) is 19.5. The second-order valence-electron chi connectivity index (χ2n) is 9.10. The fraction of sp³-hybridized carbons (Fsp3) is 0.500. The minimum absolute atomic E-state index is 0.0679. The molecule has 2 aromatic rings. The van der Waals surface area contributed by atoms with E-state index in [1.807, 2.05) is 38.1 Å². The number of carboxylic acid groups (broad SMARTS) is 1. The zero-order valence-electron chi connectivity index (χ0n) is 19.5. The number of aromatic amines is 1. The highest BCUT2D eigenvalue weighted by molar-refractivity contribution is 5.94. The molecule has 0 spiro atoms. The van der Waals surface area contributed by atoms with Gasteiger partial charge in [0.2, 0.25) is 17.7 Å². The third-order valence-electron chi connectivity index (χ3n) is 6.10. The van der Waals surface area contributed by atoms with Crippen molar-refractivity contribution >= 4 is 34.6 Å². The number of carbonyl (C=O) groups excluding carboxylic acids is 3. The Morgan fingerprint density at radius 3 is 2.59 bits per heavy atom. The number of hydrogen-bond donors (Lipinski definition) is 5. The van der Waals surface area contributed by atoms with Crippen molar-refractivity contribution in [1.29, 1.82) is 0 Å². The Labute approximate surface area is 198 Å². The number of nitrogens with zero attached hydrogens (tertiary/aromatic N) is 1. The van der Waals surface area contributed by atoms with Crippen LogP contribution < -0.4 is 16.4 Å². The average Bonchev–Trinajstić information content (AvgIpc) is 3.45. The molecule has 0 radical (unpaired) electrons. The Morgan fingerprint density at radius 2 is 1.91 bits per heavy atom. The van der Waals surface area contributed by atoms with E-state index < -0.39 is 35.9 Å². The molecule has 3 unspecified atom stereocenters. The van der Waals surface area contributed by atoms with Crippen molar-refractivity contribution in [3.8, 4) is 0 Å². The van der Waals surface area contributed by atoms with E-state index in [0.29, 0.717) is 25.8 Å². The van der Waals surface area contributed by atoms with E-state index in [1.165, 1.54) is 4.90 Å². The van der Waals surface area contributed by atoms with Gasteiger partial charge in [0, 0.05) is 30.1 Å². The van der Waals surface area contributed by atoms with Crippen molar-refractivity contribution in [2.24, 2.45) is 11.7 Å². The van der Waals surface area contributed by atoms with Crippen molar-refractivity contribution in [3.63, 3.8) is 0 Å². The lowest BCUT2D eigenvalue weighted by Crippen LogP contribution is -2.56. The molecule has 1 fully saturated rings. The van der Waals surface area contributed by atoms with Crippen LogP contribution in [0.1, 0.15) is 38.7 Å². The number of amides is 3. The topological polar surface area (TPSA) is 158 Å². The van der Waals surface area contributed by atoms with E-state index >= 15 is 0 Å². The molecule has 6 N–H and O–H groups in total. The molecule has 10 heteroatoms. The van der Waals surface area contributed by atoms with Gasteiger partial charge < -0.3 is 31.4 Å². The number of H-pyrrole nitrogens is 1. The molecule has 0 bridgehead atoms. The Kier molecular flexibility index (Phi) is 8.27. The van der Waals surface area contributed by atoms with Gasteiger partial charge in [-0.3, -0.25) is 14.4 Å². The van der Waals surface area contributed by atoms with E-state index in [4.69, 9.17) is 5.73 Å². The molecule has 1 aromatic carbocycles. The first-order valence-electron chi connectivity index (χ1n) is 11.6. The molecule has 10 nitrogen and oxygen atoms in total. The minimum Gasteiger partial charge on any atom is -0.480 e. The number of aromatic nitrogens is 1. The molecule has 0 aliphatic carbocycles. The zero-order chi connectivity index (χ0) is 24.8. The number of benzene rings is 1. The number of carboxylic acids is 1. The minimum atomic E-state index is -1.17. The highest BCUT2D eigenvalue weighted by Crippen LogP contribution is 2.20. The summed E-state index contributed by atoms with van der Waals surface area (Å²) in [6.07, 6.45) is 3.33. The number of rotatable bonds is 10. The van der Waals surface area contributed by atoms with Crippen LogP contribution in [0.25, 0.3) is 10.9 Å². The molecule has 34 heavy (non-hydrogen) atoms. The van der Waals surface area contributed by atoms with Crippen molar-refractivity contribution in [2.75, 3.05) is 13.1 Å². The van der Waals surface area contributed by atoms with Crippen LogP contribution in [-0.2, 0) is 25.6 Å². The predicted octanol–water partition coefficient (Wildman–Crippen LogP) is 0.760. The van der Waals surface area contributed by atoms with Gasteiger partial charge in [-0.15, -0.1) is 0 Å². The van der Waals surface area contributed by atoms with E-state index in [-0.39, 0.29) is 24.8 Å². The van der Waals surface area contributed by atoms with Crippen LogP contribution in [-0.4, -0.2) is 69.9 Å². The summed E-state index contributed by atoms with van der Waals surface area (Å²) in [5, 5.41) is 16.0. The lowest BCUT2D eigenvalue weighted by Gasteiger charge is -2.27. The lowest BCUT2D eigenvalue weighted by molar-refractivity contribution is -0.142. The third kappa shape index (κ3) is 5.93. The Bertz CT molecular complexity index is 1050. The van der Waals surface area contributed by atoms with Gasteiger partial charge >= 0.3 is 5.97 Å². The van der Waals surface area contributed by atoms with Gasteiger partial charge in [0.15, 0.2) is 0 Å². The van der Waals surface area contributed by atoms with Gasteiger partial charge in [0.1, 0.15) is 18.1 Å². The van der Waals surface area contributed by atoms with E-state index in [2.05, 4.69) is 15.6 Å². The Hall–Kier alpha value is -3.40. The summed E-state index contributed by atoms with van der Waals surface area (Å²) in [5.41, 5.74) is 7.11. The highest BCUT2D eigenvalue weighted by Gasteiger charge is 2.36. The van der Waals surface area contributed by atoms with Crippen molar-refractivity contribution < 1.29 is 24.3 Å². The van der Waals surface area contributed by atoms with Crippen LogP contribution >= 0.6 is 0 Å². The average molecular weight is 472 g/mol. The van der Waals surface area contributed by atoms with Crippen LogP contribution in [0.5, 0.6) is 0 Å². The summed E-state index contributed by atoms with van der Waals surface area (Å²) in [4.78, 5) is 54.6. The first kappa shape index (κ1) is 25.2. The Morgan fingerprint density at radius 1 is 1.18 bits per heavy atom. The number of carbonyl (C=O) groups is 4. The molecule has 3 atom stereocenters. The smallest absolute Gasteiger partial charge is 0.326 e. The summed E-state index contributed by atoms with van der Waals surface area (Å²) < 4.78 is 0. The summed E-state index contributed by atoms with van der Waals surface area (Å²) in [6.45, 7) is 4.08. The summed E-state index contributed by atoms with van der Waals surface area (Å²) in [5.74, 6) is -2.40. The molecule has 2 heterocycles. The second kappa shape index (κ2) is 11.1. The number of nitrogens with one attached hydrogen (secondary N) is 3. The fourth-order valence-electron chi connectivity index (χ4n) is 4.42. The maximum Gasteiger partial charge on any atom is 0.326 e. The first-order chi connectivity index (χ1) is 16.2. The summed E-state index contributed by atoms with van der Waals surface area (Å²) in [6, 6.07) is 4.75. The molecule has 184 valence electrons. The number of fused-ring (bicyclic) bond motifs is 1. The number of nitrogens with two attached hydrogens (primary N) is 1. The maximum absolute atomic E-state index is 13.1. The number of hydrogen-bond acceptors (Lipinski definition) is 5. The van der Waals surface area contributed by atoms with Gasteiger partial charge in [0.05, 0.1) is 6.54 Å². The molecule has 3 amide bonds. The molecule has 1 aliphatic heterocycles. The van der Waals surface area contributed by atoms with Gasteiger partial charge in [-0.2, -0.15) is 0 Å². The molecular weight excluding hydrogens is 438 g/mol. The van der Waals surface area contributed by atoms with Crippen molar-refractivity contribution in [1.82, 2.24) is 20.5 Å². The molecule has 3 rings (SSSR count). The van der Waals surface area contributed by atoms with Gasteiger partial charge in [0.25, 0.3) is 0 Å². The van der Waals surface area contributed by atoms with Crippen LogP contribution in [0, 0.1) is 5.92 Å². The van der Waals surface area contributed by atoms with Crippen LogP contribution in [0.2, 0.25) is 0 Å². The SMILES string of the molecule is CC(C)CC(NC(=O)C1CCCN1C(=O)CN)C(=O)NC(Cc1c[nH]c2ccccc12)C(=O)O. The van der Waals surface area contributed by atoms with Crippen molar-refractivity contribution in [3.05, 3.63) is 36.0 Å². The van der Waals surface area contributed by atoms with Crippen LogP contribution in [0.15, 0.2) is 30.5 Å². The van der Waals surface area contributed by atoms with Crippen LogP contribution in [0.3, 0.4) is 0 Å². The monoisotopic (exact) mass is 471 g/mol. The highest BCUT2D eigenvalue weighted by atomic mass is 16.4. The van der Waals surface area contributed by atoms with E-state index in [9.17, 15) is 24.3 Å². The fourth-order valence-corrected chi connectivity index (χ4v) is 4.42. The number of likely N-dealkylation sites (tertiary alicyclic amines) is 1. The summed E-state index contributed by atoms with van der Waals surface area (Å²) in [7, 11) is 0. The van der Waals surface area contributed by atoms with Gasteiger partial charge in [-0.25, -0.2) is 4.79 Å².